The van der Waals surface area contributed by atoms with Crippen LogP contribution in [0.1, 0.15) is 56.7 Å². The zero-order valence-corrected chi connectivity index (χ0v) is 18.1. The van der Waals surface area contributed by atoms with Crippen LogP contribution in [0.15, 0.2) is 28.7 Å². The SMILES string of the molecule is Cc1cc(C)c(S(=O)(=O)N[C@@H](COC(C)(C)C)[C@H](O)C2=CCCC2)c(C)c1. The summed E-state index contributed by atoms with van der Waals surface area (Å²) in [5.74, 6) is 0. The van der Waals surface area contributed by atoms with Crippen molar-refractivity contribution < 1.29 is 18.3 Å². The van der Waals surface area contributed by atoms with Crippen molar-refractivity contribution in [3.63, 3.8) is 0 Å². The van der Waals surface area contributed by atoms with Crippen LogP contribution in [0.2, 0.25) is 0 Å². The molecule has 27 heavy (non-hydrogen) atoms. The fraction of sp³-hybridized carbons (Fsp3) is 0.619. The van der Waals surface area contributed by atoms with Crippen LogP contribution in [-0.2, 0) is 14.8 Å². The Labute approximate surface area is 163 Å². The molecule has 1 aromatic carbocycles. The van der Waals surface area contributed by atoms with Crippen molar-refractivity contribution in [2.75, 3.05) is 6.61 Å². The van der Waals surface area contributed by atoms with Gasteiger partial charge in [-0.05, 0) is 77.5 Å². The highest BCUT2D eigenvalue weighted by Crippen LogP contribution is 2.26. The molecule has 5 nitrogen and oxygen atoms in total. The van der Waals surface area contributed by atoms with Gasteiger partial charge in [0, 0.05) is 0 Å². The Morgan fingerprint density at radius 2 is 1.78 bits per heavy atom. The van der Waals surface area contributed by atoms with E-state index in [0.717, 1.165) is 30.4 Å². The Balaban J connectivity index is 2.32. The number of benzene rings is 1. The van der Waals surface area contributed by atoms with Crippen LogP contribution >= 0.6 is 0 Å². The number of allylic oxidation sites excluding steroid dienone is 1. The van der Waals surface area contributed by atoms with Gasteiger partial charge in [-0.15, -0.1) is 0 Å². The fourth-order valence-electron chi connectivity index (χ4n) is 3.60. The lowest BCUT2D eigenvalue weighted by atomic mass is 10.0. The standard InChI is InChI=1S/C21H33NO4S/c1-14-11-15(2)20(16(3)12-14)27(24,25)22-18(13-26-21(4,5)6)19(23)17-9-7-8-10-17/h9,11-12,18-19,22-23H,7-8,10,13H2,1-6H3/t18-,19+/m0/s1. The molecule has 1 aliphatic carbocycles. The van der Waals surface area contributed by atoms with Crippen molar-refractivity contribution >= 4 is 10.0 Å². The largest absolute Gasteiger partial charge is 0.387 e. The predicted molar refractivity (Wildman–Crippen MR) is 108 cm³/mol. The van der Waals surface area contributed by atoms with Gasteiger partial charge in [0.05, 0.1) is 29.2 Å². The summed E-state index contributed by atoms with van der Waals surface area (Å²) in [6.07, 6.45) is 3.81. The number of nitrogens with one attached hydrogen (secondary N) is 1. The van der Waals surface area contributed by atoms with E-state index in [4.69, 9.17) is 4.74 Å². The highest BCUT2D eigenvalue weighted by atomic mass is 32.2. The maximum atomic E-state index is 13.1. The van der Waals surface area contributed by atoms with Crippen molar-refractivity contribution in [1.82, 2.24) is 4.72 Å². The Hall–Kier alpha value is -1.21. The molecule has 2 rings (SSSR count). The summed E-state index contributed by atoms with van der Waals surface area (Å²) in [5, 5.41) is 10.8. The van der Waals surface area contributed by atoms with E-state index in [-0.39, 0.29) is 11.5 Å². The first-order valence-corrected chi connectivity index (χ1v) is 11.0. The average Bonchev–Trinajstić information content (AvgIpc) is 3.02. The monoisotopic (exact) mass is 395 g/mol. The highest BCUT2D eigenvalue weighted by Gasteiger charge is 2.31. The molecule has 0 aromatic heterocycles. The van der Waals surface area contributed by atoms with Gasteiger partial charge >= 0.3 is 0 Å². The van der Waals surface area contributed by atoms with Crippen LogP contribution in [0, 0.1) is 20.8 Å². The first kappa shape index (κ1) is 22.1. The normalized spacial score (nSPS) is 17.7. The lowest BCUT2D eigenvalue weighted by Crippen LogP contribution is -2.48. The van der Waals surface area contributed by atoms with Crippen molar-refractivity contribution in [2.45, 2.75) is 83.4 Å². The quantitative estimate of drug-likeness (QED) is 0.693. The number of ether oxygens (including phenoxy) is 1. The second-order valence-corrected chi connectivity index (χ2v) is 10.1. The Morgan fingerprint density at radius 3 is 2.26 bits per heavy atom. The third-order valence-electron chi connectivity index (χ3n) is 4.71. The first-order valence-electron chi connectivity index (χ1n) is 9.52. The van der Waals surface area contributed by atoms with Crippen molar-refractivity contribution in [1.29, 1.82) is 0 Å². The summed E-state index contributed by atoms with van der Waals surface area (Å²) < 4.78 is 34.8. The van der Waals surface area contributed by atoms with Crippen LogP contribution in [0.3, 0.4) is 0 Å². The van der Waals surface area contributed by atoms with Gasteiger partial charge in [0.25, 0.3) is 0 Å². The Kier molecular flexibility index (Phi) is 6.90. The summed E-state index contributed by atoms with van der Waals surface area (Å²) in [5.41, 5.74) is 2.88. The minimum Gasteiger partial charge on any atom is -0.387 e. The summed E-state index contributed by atoms with van der Waals surface area (Å²) in [4.78, 5) is 0.279. The van der Waals surface area contributed by atoms with E-state index in [1.807, 2.05) is 45.9 Å². The average molecular weight is 396 g/mol. The Bertz CT molecular complexity index is 783. The molecule has 0 spiro atoms. The molecule has 6 heteroatoms. The molecule has 2 N–H and O–H groups in total. The molecule has 0 saturated heterocycles. The van der Waals surface area contributed by atoms with E-state index >= 15 is 0 Å². The molecule has 0 saturated carbocycles. The first-order chi connectivity index (χ1) is 12.4. The third-order valence-corrected chi connectivity index (χ3v) is 6.51. The molecule has 0 fully saturated rings. The molecule has 0 amide bonds. The molecule has 1 aliphatic rings. The highest BCUT2D eigenvalue weighted by molar-refractivity contribution is 7.89. The zero-order valence-electron chi connectivity index (χ0n) is 17.3. The van der Waals surface area contributed by atoms with E-state index in [2.05, 4.69) is 4.72 Å². The second-order valence-electron chi connectivity index (χ2n) is 8.50. The van der Waals surface area contributed by atoms with Crippen LogP contribution in [0.4, 0.5) is 0 Å². The zero-order chi connectivity index (χ0) is 20.4. The number of hydrogen-bond acceptors (Lipinski definition) is 4. The number of rotatable bonds is 7. The maximum Gasteiger partial charge on any atom is 0.241 e. The number of aliphatic hydroxyl groups is 1. The summed E-state index contributed by atoms with van der Waals surface area (Å²) in [6.45, 7) is 11.4. The molecular weight excluding hydrogens is 362 g/mol. The van der Waals surface area contributed by atoms with Crippen LogP contribution < -0.4 is 4.72 Å². The van der Waals surface area contributed by atoms with Gasteiger partial charge in [0.1, 0.15) is 0 Å². The summed E-state index contributed by atoms with van der Waals surface area (Å²) in [7, 11) is -3.80. The second kappa shape index (κ2) is 8.43. The van der Waals surface area contributed by atoms with Gasteiger partial charge in [-0.3, -0.25) is 0 Å². The lowest BCUT2D eigenvalue weighted by Gasteiger charge is -2.29. The molecule has 0 radical (unpaired) electrons. The van der Waals surface area contributed by atoms with E-state index in [0.29, 0.717) is 11.1 Å². The molecule has 0 bridgehead atoms. The van der Waals surface area contributed by atoms with Crippen LogP contribution in [-0.4, -0.2) is 37.9 Å². The van der Waals surface area contributed by atoms with Gasteiger partial charge in [-0.1, -0.05) is 23.8 Å². The van der Waals surface area contributed by atoms with E-state index in [1.54, 1.807) is 13.8 Å². The number of hydrogen-bond donors (Lipinski definition) is 2. The van der Waals surface area contributed by atoms with Gasteiger partial charge in [-0.2, -0.15) is 0 Å². The number of aryl methyl sites for hydroxylation is 3. The maximum absolute atomic E-state index is 13.1. The van der Waals surface area contributed by atoms with Crippen LogP contribution in [0.5, 0.6) is 0 Å². The molecule has 2 atom stereocenters. The molecular formula is C21H33NO4S. The molecule has 0 aliphatic heterocycles. The minimum absolute atomic E-state index is 0.102. The molecule has 1 aromatic rings. The fourth-order valence-corrected chi connectivity index (χ4v) is 5.28. The topological polar surface area (TPSA) is 75.6 Å². The number of sulfonamides is 1. The third kappa shape index (κ3) is 5.88. The van der Waals surface area contributed by atoms with Gasteiger partial charge in [0.15, 0.2) is 0 Å². The van der Waals surface area contributed by atoms with E-state index in [1.165, 1.54) is 0 Å². The molecule has 0 heterocycles. The van der Waals surface area contributed by atoms with E-state index < -0.39 is 27.8 Å². The van der Waals surface area contributed by atoms with Gasteiger partial charge < -0.3 is 9.84 Å². The van der Waals surface area contributed by atoms with E-state index in [9.17, 15) is 13.5 Å². The predicted octanol–water partition coefficient (Wildman–Crippen LogP) is 3.55. The van der Waals surface area contributed by atoms with Crippen molar-refractivity contribution in [3.8, 4) is 0 Å². The number of aliphatic hydroxyl groups excluding tert-OH is 1. The van der Waals surface area contributed by atoms with Gasteiger partial charge in [0.2, 0.25) is 10.0 Å². The lowest BCUT2D eigenvalue weighted by molar-refractivity contribution is -0.0265. The Morgan fingerprint density at radius 1 is 1.19 bits per heavy atom. The minimum atomic E-state index is -3.80. The van der Waals surface area contributed by atoms with Crippen molar-refractivity contribution in [2.24, 2.45) is 0 Å². The molecule has 152 valence electrons. The summed E-state index contributed by atoms with van der Waals surface area (Å²) in [6, 6.07) is 2.98. The summed E-state index contributed by atoms with van der Waals surface area (Å²) >= 11 is 0. The molecule has 0 unspecified atom stereocenters. The van der Waals surface area contributed by atoms with Gasteiger partial charge in [-0.25, -0.2) is 13.1 Å². The smallest absolute Gasteiger partial charge is 0.241 e. The van der Waals surface area contributed by atoms with Crippen molar-refractivity contribution in [3.05, 3.63) is 40.5 Å². The van der Waals surface area contributed by atoms with Crippen LogP contribution in [0.25, 0.3) is 0 Å².